The third kappa shape index (κ3) is 8.13. The maximum absolute atomic E-state index is 14.0. The average molecular weight is 573 g/mol. The fourth-order valence-electron chi connectivity index (χ4n) is 5.62. The maximum atomic E-state index is 14.0. The number of aromatic nitrogens is 2. The van der Waals surface area contributed by atoms with Gasteiger partial charge in [-0.15, -0.1) is 0 Å². The van der Waals surface area contributed by atoms with Crippen LogP contribution in [0.2, 0.25) is 0 Å². The summed E-state index contributed by atoms with van der Waals surface area (Å²) in [6, 6.07) is 26.9. The third-order valence-corrected chi connectivity index (χ3v) is 8.19. The molecule has 0 amide bonds. The van der Waals surface area contributed by atoms with E-state index in [4.69, 9.17) is 0 Å². The molecule has 0 saturated heterocycles. The summed E-state index contributed by atoms with van der Waals surface area (Å²) in [5.41, 5.74) is 10.3. The summed E-state index contributed by atoms with van der Waals surface area (Å²) in [6.45, 7) is 6.38. The van der Waals surface area contributed by atoms with E-state index in [0.29, 0.717) is 12.2 Å². The van der Waals surface area contributed by atoms with E-state index in [0.717, 1.165) is 62.9 Å². The molecule has 1 fully saturated rings. The normalized spacial score (nSPS) is 13.0. The molecular formula is C38H44N4O. The minimum Gasteiger partial charge on any atom is -0.383 e. The Morgan fingerprint density at radius 3 is 2.44 bits per heavy atom. The Balaban J connectivity index is 1.36. The highest BCUT2D eigenvalue weighted by molar-refractivity contribution is 5.62. The van der Waals surface area contributed by atoms with Crippen LogP contribution in [0.25, 0.3) is 17.3 Å². The maximum Gasteiger partial charge on any atom is 0.274 e. The van der Waals surface area contributed by atoms with Crippen molar-refractivity contribution in [1.29, 1.82) is 0 Å². The minimum absolute atomic E-state index is 0.0205. The molecule has 2 N–H and O–H groups in total. The van der Waals surface area contributed by atoms with E-state index in [-0.39, 0.29) is 5.56 Å². The molecule has 4 aromatic rings. The molecule has 0 atom stereocenters. The van der Waals surface area contributed by atoms with Crippen LogP contribution in [0.4, 0.5) is 5.69 Å². The minimum atomic E-state index is 0.0205. The highest BCUT2D eigenvalue weighted by Crippen LogP contribution is 2.29. The van der Waals surface area contributed by atoms with Gasteiger partial charge in [0, 0.05) is 31.2 Å². The molecule has 0 aliphatic heterocycles. The first-order valence-electron chi connectivity index (χ1n) is 15.7. The zero-order chi connectivity index (χ0) is 29.9. The van der Waals surface area contributed by atoms with Crippen molar-refractivity contribution < 1.29 is 0 Å². The number of anilines is 1. The number of pyridine rings is 2. The summed E-state index contributed by atoms with van der Waals surface area (Å²) < 4.78 is 1.95. The Labute approximate surface area is 256 Å². The highest BCUT2D eigenvalue weighted by Gasteiger charge is 2.18. The summed E-state index contributed by atoms with van der Waals surface area (Å²) in [4.78, 5) is 18.4. The first kappa shape index (κ1) is 30.1. The van der Waals surface area contributed by atoms with Crippen molar-refractivity contribution in [3.05, 3.63) is 135 Å². The molecule has 0 radical (unpaired) electrons. The van der Waals surface area contributed by atoms with Gasteiger partial charge in [0.05, 0.1) is 12.2 Å². The molecule has 0 spiro atoms. The molecule has 1 saturated carbocycles. The van der Waals surface area contributed by atoms with Gasteiger partial charge in [-0.2, -0.15) is 0 Å². The smallest absolute Gasteiger partial charge is 0.274 e. The van der Waals surface area contributed by atoms with Gasteiger partial charge in [-0.1, -0.05) is 85.7 Å². The van der Waals surface area contributed by atoms with E-state index in [1.54, 1.807) is 0 Å². The van der Waals surface area contributed by atoms with E-state index in [9.17, 15) is 4.79 Å². The number of aryl methyl sites for hydroxylation is 2. The second-order valence-electron chi connectivity index (χ2n) is 11.5. The average Bonchev–Trinajstić information content (AvgIpc) is 3.01. The largest absolute Gasteiger partial charge is 0.383 e. The third-order valence-electron chi connectivity index (χ3n) is 8.19. The number of rotatable bonds is 14. The van der Waals surface area contributed by atoms with Crippen molar-refractivity contribution in [2.75, 3.05) is 18.4 Å². The molecule has 5 rings (SSSR count). The Kier molecular flexibility index (Phi) is 10.6. The molecule has 1 aliphatic rings. The molecule has 2 aromatic carbocycles. The predicted octanol–water partition coefficient (Wildman–Crippen LogP) is 8.04. The van der Waals surface area contributed by atoms with Crippen LogP contribution in [0, 0.1) is 0 Å². The van der Waals surface area contributed by atoms with E-state index >= 15 is 0 Å². The number of benzene rings is 2. The Hall–Kier alpha value is -4.38. The van der Waals surface area contributed by atoms with E-state index in [1.165, 1.54) is 40.0 Å². The molecule has 0 bridgehead atoms. The van der Waals surface area contributed by atoms with Crippen molar-refractivity contribution in [3.8, 4) is 11.3 Å². The van der Waals surface area contributed by atoms with Gasteiger partial charge in [0.25, 0.3) is 5.56 Å². The molecule has 43 heavy (non-hydrogen) atoms. The van der Waals surface area contributed by atoms with Crippen LogP contribution in [-0.4, -0.2) is 22.6 Å². The summed E-state index contributed by atoms with van der Waals surface area (Å²) in [6.07, 6.45) is 13.6. The van der Waals surface area contributed by atoms with Crippen LogP contribution in [0.3, 0.4) is 0 Å². The van der Waals surface area contributed by atoms with E-state index in [1.807, 2.05) is 47.3 Å². The first-order chi connectivity index (χ1) is 21.1. The molecule has 222 valence electrons. The lowest BCUT2D eigenvalue weighted by Gasteiger charge is -2.25. The van der Waals surface area contributed by atoms with Crippen molar-refractivity contribution in [2.45, 2.75) is 65.3 Å². The quantitative estimate of drug-likeness (QED) is 0.150. The van der Waals surface area contributed by atoms with Crippen LogP contribution in [0.15, 0.2) is 113 Å². The lowest BCUT2D eigenvalue weighted by atomic mass is 9.90. The Morgan fingerprint density at radius 2 is 1.72 bits per heavy atom. The van der Waals surface area contributed by atoms with Crippen molar-refractivity contribution in [3.63, 3.8) is 0 Å². The van der Waals surface area contributed by atoms with Gasteiger partial charge in [0.15, 0.2) is 0 Å². The Bertz CT molecular complexity index is 1600. The summed E-state index contributed by atoms with van der Waals surface area (Å²) in [5, 5.41) is 7.19. The number of hydrogen-bond acceptors (Lipinski definition) is 4. The van der Waals surface area contributed by atoms with Gasteiger partial charge in [-0.3, -0.25) is 9.78 Å². The predicted molar refractivity (Wildman–Crippen MR) is 180 cm³/mol. The zero-order valence-corrected chi connectivity index (χ0v) is 25.6. The zero-order valence-electron chi connectivity index (χ0n) is 25.6. The SMILES string of the molecule is CCCc1ccncc1/C=C(\C)CNC(Cn1c(-c2ccccc2)ccc(NCCCc2ccccc2)c1=O)=C1CCC1. The van der Waals surface area contributed by atoms with Crippen molar-refractivity contribution >= 4 is 11.8 Å². The second-order valence-corrected chi connectivity index (χ2v) is 11.5. The van der Waals surface area contributed by atoms with Crippen LogP contribution < -0.4 is 16.2 Å². The molecular weight excluding hydrogens is 528 g/mol. The highest BCUT2D eigenvalue weighted by atomic mass is 16.1. The van der Waals surface area contributed by atoms with Gasteiger partial charge >= 0.3 is 0 Å². The monoisotopic (exact) mass is 572 g/mol. The second kappa shape index (κ2) is 15.2. The molecule has 5 heteroatoms. The van der Waals surface area contributed by atoms with Crippen molar-refractivity contribution in [2.24, 2.45) is 0 Å². The number of hydrogen-bond donors (Lipinski definition) is 2. The molecule has 1 aliphatic carbocycles. The standard InChI is InChI=1S/C38H44N4O/c1-3-12-31-22-24-39-27-34(31)25-29(2)26-41-36(32-18-10-19-32)28-42-37(33-16-8-5-9-17-33)21-20-35(38(42)43)40-23-11-15-30-13-6-4-7-14-30/h4-9,13-14,16-17,20-22,24-25,27,40-41H,3,10-12,15,18-19,23,26,28H2,1-2H3/b29-25+. The van der Waals surface area contributed by atoms with E-state index < -0.39 is 0 Å². The molecule has 2 heterocycles. The number of nitrogens with zero attached hydrogens (tertiary/aromatic N) is 2. The summed E-state index contributed by atoms with van der Waals surface area (Å²) in [7, 11) is 0. The van der Waals surface area contributed by atoms with Crippen molar-refractivity contribution in [1.82, 2.24) is 14.9 Å². The van der Waals surface area contributed by atoms with Gasteiger partial charge in [-0.25, -0.2) is 0 Å². The number of allylic oxidation sites excluding steroid dienone is 2. The van der Waals surface area contributed by atoms with Gasteiger partial charge < -0.3 is 15.2 Å². The van der Waals surface area contributed by atoms with Gasteiger partial charge in [0.2, 0.25) is 0 Å². The van der Waals surface area contributed by atoms with Crippen LogP contribution in [0.1, 0.15) is 62.6 Å². The molecule has 0 unspecified atom stereocenters. The van der Waals surface area contributed by atoms with Crippen LogP contribution in [-0.2, 0) is 19.4 Å². The van der Waals surface area contributed by atoms with E-state index in [2.05, 4.69) is 84.1 Å². The topological polar surface area (TPSA) is 59.0 Å². The molecule has 2 aromatic heterocycles. The van der Waals surface area contributed by atoms with Gasteiger partial charge in [0.1, 0.15) is 5.69 Å². The summed E-state index contributed by atoms with van der Waals surface area (Å²) >= 11 is 0. The lowest BCUT2D eigenvalue weighted by molar-refractivity contribution is 0.595. The summed E-state index contributed by atoms with van der Waals surface area (Å²) in [5.74, 6) is 0. The first-order valence-corrected chi connectivity index (χ1v) is 15.7. The van der Waals surface area contributed by atoms with Gasteiger partial charge in [-0.05, 0) is 91.5 Å². The van der Waals surface area contributed by atoms with Crippen LogP contribution in [0.5, 0.6) is 0 Å². The fraction of sp³-hybridized carbons (Fsp3) is 0.316. The Morgan fingerprint density at radius 1 is 0.953 bits per heavy atom. The lowest BCUT2D eigenvalue weighted by Crippen LogP contribution is -2.31. The fourth-order valence-corrected chi connectivity index (χ4v) is 5.62. The van der Waals surface area contributed by atoms with Crippen LogP contribution >= 0.6 is 0 Å². The number of nitrogens with one attached hydrogen (secondary N) is 2. The molecule has 5 nitrogen and oxygen atoms in total.